The molecule has 1 nitrogen and oxygen atoms in total. The molecule has 1 aliphatic carbocycles. The van der Waals surface area contributed by atoms with Gasteiger partial charge in [-0.15, -0.1) is 0 Å². The normalized spacial score (nSPS) is 29.1. The van der Waals surface area contributed by atoms with Crippen LogP contribution in [0.3, 0.4) is 0 Å². The Kier molecular flexibility index (Phi) is 5.09. The summed E-state index contributed by atoms with van der Waals surface area (Å²) in [7, 11) is 0. The van der Waals surface area contributed by atoms with Crippen molar-refractivity contribution in [3.63, 3.8) is 0 Å². The fourth-order valence-corrected chi connectivity index (χ4v) is 2.29. The Hall–Kier alpha value is -0.250. The highest BCUT2D eigenvalue weighted by atomic mass is 19.4. The first kappa shape index (κ1) is 13.8. The lowest BCUT2D eigenvalue weighted by atomic mass is 9.81. The molecule has 0 spiro atoms. The smallest absolute Gasteiger partial charge is 0.314 e. The van der Waals surface area contributed by atoms with Crippen LogP contribution in [0.15, 0.2) is 0 Å². The SMILES string of the molecule is CCC(C)NCC1CCCC(C(F)(F)F)C1. The van der Waals surface area contributed by atoms with Gasteiger partial charge in [0.05, 0.1) is 5.92 Å². The minimum atomic E-state index is -3.99. The Morgan fingerprint density at radius 3 is 2.56 bits per heavy atom. The zero-order chi connectivity index (χ0) is 12.2. The number of halogens is 3. The van der Waals surface area contributed by atoms with E-state index in [-0.39, 0.29) is 5.92 Å². The fraction of sp³-hybridized carbons (Fsp3) is 1.00. The van der Waals surface area contributed by atoms with Gasteiger partial charge in [-0.3, -0.25) is 0 Å². The fourth-order valence-electron chi connectivity index (χ4n) is 2.29. The van der Waals surface area contributed by atoms with Crippen molar-refractivity contribution >= 4 is 0 Å². The summed E-state index contributed by atoms with van der Waals surface area (Å²) in [5.74, 6) is -0.862. The molecule has 16 heavy (non-hydrogen) atoms. The number of nitrogens with one attached hydrogen (secondary N) is 1. The highest BCUT2D eigenvalue weighted by Crippen LogP contribution is 2.39. The highest BCUT2D eigenvalue weighted by Gasteiger charge is 2.41. The standard InChI is InChI=1S/C12H22F3N/c1-3-9(2)16-8-10-5-4-6-11(7-10)12(13,14)15/h9-11,16H,3-8H2,1-2H3. The predicted molar refractivity (Wildman–Crippen MR) is 59.3 cm³/mol. The Morgan fingerprint density at radius 2 is 2.00 bits per heavy atom. The maximum atomic E-state index is 12.6. The van der Waals surface area contributed by atoms with Gasteiger partial charge in [-0.25, -0.2) is 0 Å². The quantitative estimate of drug-likeness (QED) is 0.785. The first-order chi connectivity index (χ1) is 7.43. The van der Waals surface area contributed by atoms with Crippen LogP contribution in [0.25, 0.3) is 0 Å². The molecule has 0 aromatic carbocycles. The largest absolute Gasteiger partial charge is 0.391 e. The Morgan fingerprint density at radius 1 is 1.31 bits per heavy atom. The van der Waals surface area contributed by atoms with Gasteiger partial charge < -0.3 is 5.32 Å². The van der Waals surface area contributed by atoms with Crippen LogP contribution in [0, 0.1) is 11.8 Å². The Balaban J connectivity index is 2.33. The van der Waals surface area contributed by atoms with Gasteiger partial charge in [-0.05, 0) is 45.1 Å². The molecule has 96 valence electrons. The Labute approximate surface area is 95.8 Å². The molecule has 0 aromatic heterocycles. The second kappa shape index (κ2) is 5.89. The van der Waals surface area contributed by atoms with Gasteiger partial charge in [0.1, 0.15) is 0 Å². The summed E-state index contributed by atoms with van der Waals surface area (Å²) in [4.78, 5) is 0. The van der Waals surface area contributed by atoms with Gasteiger partial charge >= 0.3 is 6.18 Å². The molecule has 3 atom stereocenters. The van der Waals surface area contributed by atoms with E-state index in [0.717, 1.165) is 25.8 Å². The van der Waals surface area contributed by atoms with Crippen LogP contribution < -0.4 is 5.32 Å². The van der Waals surface area contributed by atoms with Crippen LogP contribution in [-0.2, 0) is 0 Å². The molecule has 4 heteroatoms. The van der Waals surface area contributed by atoms with E-state index < -0.39 is 12.1 Å². The van der Waals surface area contributed by atoms with Gasteiger partial charge in [-0.1, -0.05) is 13.3 Å². The van der Waals surface area contributed by atoms with Gasteiger partial charge in [0.2, 0.25) is 0 Å². The summed E-state index contributed by atoms with van der Waals surface area (Å²) in [5.41, 5.74) is 0. The molecular formula is C12H22F3N. The zero-order valence-corrected chi connectivity index (χ0v) is 10.1. The first-order valence-corrected chi connectivity index (χ1v) is 6.23. The van der Waals surface area contributed by atoms with E-state index in [1.807, 2.05) is 0 Å². The summed E-state index contributed by atoms with van der Waals surface area (Å²) < 4.78 is 37.7. The van der Waals surface area contributed by atoms with E-state index in [9.17, 15) is 13.2 Å². The molecule has 0 saturated heterocycles. The molecule has 0 amide bonds. The molecule has 3 unspecified atom stereocenters. The summed E-state index contributed by atoms with van der Waals surface area (Å²) in [6.45, 7) is 4.89. The van der Waals surface area contributed by atoms with E-state index in [4.69, 9.17) is 0 Å². The van der Waals surface area contributed by atoms with Crippen LogP contribution in [-0.4, -0.2) is 18.8 Å². The molecule has 1 saturated carbocycles. The van der Waals surface area contributed by atoms with Gasteiger partial charge in [0.15, 0.2) is 0 Å². The van der Waals surface area contributed by atoms with Crippen molar-refractivity contribution in [2.24, 2.45) is 11.8 Å². The molecule has 0 heterocycles. The van der Waals surface area contributed by atoms with E-state index in [2.05, 4.69) is 19.2 Å². The second-order valence-corrected chi connectivity index (χ2v) is 4.99. The summed E-state index contributed by atoms with van der Waals surface area (Å²) in [5, 5.41) is 3.31. The average Bonchev–Trinajstić information content (AvgIpc) is 2.25. The van der Waals surface area contributed by atoms with Crippen LogP contribution in [0.5, 0.6) is 0 Å². The molecule has 0 aromatic rings. The number of hydrogen-bond donors (Lipinski definition) is 1. The third-order valence-corrected chi connectivity index (χ3v) is 3.61. The van der Waals surface area contributed by atoms with Crippen molar-refractivity contribution < 1.29 is 13.2 Å². The van der Waals surface area contributed by atoms with Gasteiger partial charge in [0, 0.05) is 6.04 Å². The van der Waals surface area contributed by atoms with Crippen molar-refractivity contribution in [3.05, 3.63) is 0 Å². The zero-order valence-electron chi connectivity index (χ0n) is 10.1. The van der Waals surface area contributed by atoms with Gasteiger partial charge in [-0.2, -0.15) is 13.2 Å². The topological polar surface area (TPSA) is 12.0 Å². The predicted octanol–water partition coefficient (Wildman–Crippen LogP) is 3.74. The molecule has 1 fully saturated rings. The van der Waals surface area contributed by atoms with Crippen LogP contribution in [0.4, 0.5) is 13.2 Å². The molecule has 0 aliphatic heterocycles. The van der Waals surface area contributed by atoms with Crippen molar-refractivity contribution in [2.75, 3.05) is 6.54 Å². The summed E-state index contributed by atoms with van der Waals surface area (Å²) in [6.07, 6.45) is -0.673. The lowest BCUT2D eigenvalue weighted by Crippen LogP contribution is -2.36. The van der Waals surface area contributed by atoms with Crippen molar-refractivity contribution in [2.45, 2.75) is 58.2 Å². The minimum absolute atomic E-state index is 0.203. The van der Waals surface area contributed by atoms with Crippen molar-refractivity contribution in [3.8, 4) is 0 Å². The number of hydrogen-bond acceptors (Lipinski definition) is 1. The molecule has 1 N–H and O–H groups in total. The van der Waals surface area contributed by atoms with E-state index in [1.165, 1.54) is 0 Å². The van der Waals surface area contributed by atoms with Crippen molar-refractivity contribution in [1.29, 1.82) is 0 Å². The maximum Gasteiger partial charge on any atom is 0.391 e. The molecule has 0 bridgehead atoms. The average molecular weight is 237 g/mol. The van der Waals surface area contributed by atoms with Crippen LogP contribution >= 0.6 is 0 Å². The molecule has 0 radical (unpaired) electrons. The van der Waals surface area contributed by atoms with Crippen LogP contribution in [0.2, 0.25) is 0 Å². The third kappa shape index (κ3) is 4.32. The number of rotatable bonds is 4. The third-order valence-electron chi connectivity index (χ3n) is 3.61. The summed E-state index contributed by atoms with van der Waals surface area (Å²) in [6, 6.07) is 0.409. The molecular weight excluding hydrogens is 215 g/mol. The second-order valence-electron chi connectivity index (χ2n) is 4.99. The van der Waals surface area contributed by atoms with Gasteiger partial charge in [0.25, 0.3) is 0 Å². The van der Waals surface area contributed by atoms with E-state index in [0.29, 0.717) is 18.9 Å². The maximum absolute atomic E-state index is 12.6. The van der Waals surface area contributed by atoms with Crippen LogP contribution in [0.1, 0.15) is 46.0 Å². The minimum Gasteiger partial charge on any atom is -0.314 e. The first-order valence-electron chi connectivity index (χ1n) is 6.23. The number of alkyl halides is 3. The highest BCUT2D eigenvalue weighted by molar-refractivity contribution is 4.79. The lowest BCUT2D eigenvalue weighted by molar-refractivity contribution is -0.185. The monoisotopic (exact) mass is 237 g/mol. The van der Waals surface area contributed by atoms with E-state index >= 15 is 0 Å². The molecule has 1 aliphatic rings. The molecule has 1 rings (SSSR count). The Bertz CT molecular complexity index is 203. The van der Waals surface area contributed by atoms with E-state index in [1.54, 1.807) is 0 Å². The van der Waals surface area contributed by atoms with Crippen molar-refractivity contribution in [1.82, 2.24) is 5.32 Å². The summed E-state index contributed by atoms with van der Waals surface area (Å²) >= 11 is 0. The lowest BCUT2D eigenvalue weighted by Gasteiger charge is -2.31.